The summed E-state index contributed by atoms with van der Waals surface area (Å²) in [6.07, 6.45) is -4.93. The number of alkyl halides is 3. The van der Waals surface area contributed by atoms with E-state index in [4.69, 9.17) is 5.11 Å². The Bertz CT molecular complexity index is 758. The third kappa shape index (κ3) is 2.57. The Labute approximate surface area is 132 Å². The molecule has 0 amide bonds. The number of rotatable bonds is 3. The number of carboxylic acids is 1. The van der Waals surface area contributed by atoms with Crippen LogP contribution < -0.4 is 0 Å². The lowest BCUT2D eigenvalue weighted by Crippen LogP contribution is -2.47. The number of halogens is 4. The van der Waals surface area contributed by atoms with Crippen molar-refractivity contribution in [3.63, 3.8) is 0 Å². The van der Waals surface area contributed by atoms with E-state index in [2.05, 4.69) is 4.74 Å². The number of nitro benzene ring substituents is 1. The maximum absolute atomic E-state index is 13.3. The highest BCUT2D eigenvalue weighted by Gasteiger charge is 2.63. The van der Waals surface area contributed by atoms with Crippen LogP contribution in [0.25, 0.3) is 5.57 Å². The lowest BCUT2D eigenvalue weighted by Gasteiger charge is -2.31. The number of hydrogen-bond acceptors (Lipinski definition) is 4. The van der Waals surface area contributed by atoms with Crippen molar-refractivity contribution in [1.82, 2.24) is 0 Å². The molecule has 2 unspecified atom stereocenters. The Morgan fingerprint density at radius 2 is 2.00 bits per heavy atom. The van der Waals surface area contributed by atoms with Gasteiger partial charge in [-0.25, -0.2) is 9.18 Å². The summed E-state index contributed by atoms with van der Waals surface area (Å²) in [6.45, 7) is 1.70. The number of benzene rings is 1. The van der Waals surface area contributed by atoms with Gasteiger partial charge in [0.05, 0.1) is 16.6 Å². The number of carboxylic acid groups (broad SMARTS) is 1. The van der Waals surface area contributed by atoms with Gasteiger partial charge in [-0.1, -0.05) is 6.92 Å². The van der Waals surface area contributed by atoms with Gasteiger partial charge in [0, 0.05) is 11.5 Å². The van der Waals surface area contributed by atoms with E-state index in [0.717, 1.165) is 19.1 Å². The summed E-state index contributed by atoms with van der Waals surface area (Å²) in [6, 6.07) is 2.18. The van der Waals surface area contributed by atoms with Crippen LogP contribution in [0.3, 0.4) is 0 Å². The summed E-state index contributed by atoms with van der Waals surface area (Å²) >= 11 is 0. The van der Waals surface area contributed by atoms with Crippen LogP contribution in [0.15, 0.2) is 24.0 Å². The number of carbonyl (C=O) groups is 1. The Hall–Kier alpha value is -2.65. The smallest absolute Gasteiger partial charge is 0.428 e. The molecular formula is C14H11F4NO5. The summed E-state index contributed by atoms with van der Waals surface area (Å²) in [5.74, 6) is -5.39. The molecule has 2 rings (SSSR count). The molecule has 130 valence electrons. The van der Waals surface area contributed by atoms with Gasteiger partial charge < -0.3 is 9.84 Å². The summed E-state index contributed by atoms with van der Waals surface area (Å²) in [7, 11) is 0. The fourth-order valence-electron chi connectivity index (χ4n) is 2.53. The SMILES string of the molecule is CC1C(c2ccc(F)cc2[N+](=O)[O-])=C(C(=O)O)OC1(C)C(F)(F)F. The van der Waals surface area contributed by atoms with E-state index in [-0.39, 0.29) is 0 Å². The molecule has 1 aliphatic heterocycles. The fourth-order valence-corrected chi connectivity index (χ4v) is 2.53. The van der Waals surface area contributed by atoms with E-state index in [1.165, 1.54) is 0 Å². The maximum Gasteiger partial charge on any atom is 0.428 e. The highest BCUT2D eigenvalue weighted by Crippen LogP contribution is 2.53. The molecule has 0 aliphatic carbocycles. The van der Waals surface area contributed by atoms with Crippen molar-refractivity contribution in [2.24, 2.45) is 5.92 Å². The van der Waals surface area contributed by atoms with Crippen molar-refractivity contribution in [2.45, 2.75) is 25.6 Å². The van der Waals surface area contributed by atoms with Gasteiger partial charge >= 0.3 is 12.1 Å². The van der Waals surface area contributed by atoms with E-state index < -0.39 is 57.0 Å². The van der Waals surface area contributed by atoms with E-state index in [1.54, 1.807) is 0 Å². The number of nitrogens with zero attached hydrogens (tertiary/aromatic N) is 1. The Kier molecular flexibility index (Phi) is 4.03. The molecule has 1 heterocycles. The van der Waals surface area contributed by atoms with Crippen molar-refractivity contribution in [3.8, 4) is 0 Å². The quantitative estimate of drug-likeness (QED) is 0.512. The van der Waals surface area contributed by atoms with Gasteiger partial charge in [-0.3, -0.25) is 10.1 Å². The lowest BCUT2D eigenvalue weighted by atomic mass is 9.82. The molecule has 1 N–H and O–H groups in total. The highest BCUT2D eigenvalue weighted by molar-refractivity contribution is 5.97. The molecule has 1 aromatic rings. The first-order chi connectivity index (χ1) is 10.9. The van der Waals surface area contributed by atoms with Crippen LogP contribution in [0.1, 0.15) is 19.4 Å². The third-order valence-corrected chi connectivity index (χ3v) is 4.02. The maximum atomic E-state index is 13.3. The molecule has 2 atom stereocenters. The zero-order valence-corrected chi connectivity index (χ0v) is 12.3. The van der Waals surface area contributed by atoms with Crippen LogP contribution in [0.5, 0.6) is 0 Å². The fraction of sp³-hybridized carbons (Fsp3) is 0.357. The number of hydrogen-bond donors (Lipinski definition) is 1. The zero-order valence-electron chi connectivity index (χ0n) is 12.3. The first kappa shape index (κ1) is 17.7. The predicted molar refractivity (Wildman–Crippen MR) is 72.3 cm³/mol. The lowest BCUT2D eigenvalue weighted by molar-refractivity contribution is -0.385. The Balaban J connectivity index is 2.73. The van der Waals surface area contributed by atoms with Gasteiger partial charge in [0.15, 0.2) is 0 Å². The molecular weight excluding hydrogens is 338 g/mol. The molecule has 0 bridgehead atoms. The van der Waals surface area contributed by atoms with Crippen molar-refractivity contribution in [2.75, 3.05) is 0 Å². The summed E-state index contributed by atoms with van der Waals surface area (Å²) in [5, 5.41) is 20.2. The van der Waals surface area contributed by atoms with Crippen LogP contribution in [-0.4, -0.2) is 27.8 Å². The van der Waals surface area contributed by atoms with Crippen LogP contribution in [0.2, 0.25) is 0 Å². The minimum Gasteiger partial charge on any atom is -0.475 e. The zero-order chi connectivity index (χ0) is 18.4. The molecule has 24 heavy (non-hydrogen) atoms. The Morgan fingerprint density at radius 1 is 1.42 bits per heavy atom. The second kappa shape index (κ2) is 5.46. The van der Waals surface area contributed by atoms with Gasteiger partial charge in [-0.15, -0.1) is 0 Å². The average molecular weight is 349 g/mol. The number of aliphatic carboxylic acids is 1. The molecule has 0 spiro atoms. The van der Waals surface area contributed by atoms with E-state index in [9.17, 15) is 32.5 Å². The van der Waals surface area contributed by atoms with E-state index in [1.807, 2.05) is 0 Å². The van der Waals surface area contributed by atoms with Crippen LogP contribution in [-0.2, 0) is 9.53 Å². The van der Waals surface area contributed by atoms with Gasteiger partial charge in [-0.05, 0) is 19.1 Å². The summed E-state index contributed by atoms with van der Waals surface area (Å²) in [5.41, 5.74) is -4.66. The standard InChI is InChI=1S/C14H11F4NO5/c1-6-10(8-4-3-7(15)5-9(8)19(22)23)11(12(20)21)24-13(6,2)14(16,17)18/h3-6H,1-2H3,(H,20,21). The minimum absolute atomic E-state index is 0.431. The molecule has 0 radical (unpaired) electrons. The van der Waals surface area contributed by atoms with Gasteiger partial charge in [0.25, 0.3) is 5.69 Å². The minimum atomic E-state index is -4.93. The third-order valence-electron chi connectivity index (χ3n) is 4.02. The summed E-state index contributed by atoms with van der Waals surface area (Å²) < 4.78 is 57.8. The van der Waals surface area contributed by atoms with E-state index >= 15 is 0 Å². The van der Waals surface area contributed by atoms with Crippen molar-refractivity contribution in [3.05, 3.63) is 45.5 Å². The van der Waals surface area contributed by atoms with Gasteiger partial charge in [-0.2, -0.15) is 13.2 Å². The topological polar surface area (TPSA) is 89.7 Å². The van der Waals surface area contributed by atoms with Gasteiger partial charge in [0.2, 0.25) is 11.4 Å². The molecule has 1 aromatic carbocycles. The molecule has 0 aromatic heterocycles. The molecule has 0 saturated heterocycles. The van der Waals surface area contributed by atoms with Crippen molar-refractivity contribution >= 4 is 17.2 Å². The monoisotopic (exact) mass is 349 g/mol. The Morgan fingerprint density at radius 3 is 2.46 bits per heavy atom. The summed E-state index contributed by atoms with van der Waals surface area (Å²) in [4.78, 5) is 21.4. The predicted octanol–water partition coefficient (Wildman–Crippen LogP) is 3.52. The second-order valence-electron chi connectivity index (χ2n) is 5.40. The average Bonchev–Trinajstić information content (AvgIpc) is 2.72. The van der Waals surface area contributed by atoms with Crippen LogP contribution in [0, 0.1) is 21.8 Å². The second-order valence-corrected chi connectivity index (χ2v) is 5.40. The normalized spacial score (nSPS) is 24.0. The number of ether oxygens (including phenoxy) is 1. The van der Waals surface area contributed by atoms with Gasteiger partial charge in [0.1, 0.15) is 5.82 Å². The van der Waals surface area contributed by atoms with E-state index in [0.29, 0.717) is 13.0 Å². The first-order valence-electron chi connectivity index (χ1n) is 6.57. The van der Waals surface area contributed by atoms with Crippen molar-refractivity contribution in [1.29, 1.82) is 0 Å². The largest absolute Gasteiger partial charge is 0.475 e. The van der Waals surface area contributed by atoms with Crippen LogP contribution in [0.4, 0.5) is 23.2 Å². The molecule has 6 nitrogen and oxygen atoms in total. The molecule has 1 aliphatic rings. The molecule has 0 saturated carbocycles. The van der Waals surface area contributed by atoms with Crippen molar-refractivity contribution < 1.29 is 37.1 Å². The number of nitro groups is 1. The highest BCUT2D eigenvalue weighted by atomic mass is 19.4. The molecule has 0 fully saturated rings. The first-order valence-corrected chi connectivity index (χ1v) is 6.57. The van der Waals surface area contributed by atoms with Crippen LogP contribution >= 0.6 is 0 Å². The molecule has 10 heteroatoms.